The van der Waals surface area contributed by atoms with E-state index < -0.39 is 0 Å². The third kappa shape index (κ3) is 5.19. The SMILES string of the molecule is CCCNC(CCc1nccn1C)CC(C)OC. The Morgan fingerprint density at radius 1 is 1.50 bits per heavy atom. The number of nitrogens with zero attached hydrogens (tertiary/aromatic N) is 2. The van der Waals surface area contributed by atoms with E-state index in [0.29, 0.717) is 12.1 Å². The van der Waals surface area contributed by atoms with Crippen molar-refractivity contribution >= 4 is 0 Å². The first-order chi connectivity index (χ1) is 8.67. The van der Waals surface area contributed by atoms with Gasteiger partial charge >= 0.3 is 0 Å². The molecule has 1 aromatic rings. The number of rotatable bonds is 9. The second kappa shape index (κ2) is 8.27. The molecule has 2 unspecified atom stereocenters. The average Bonchev–Trinajstić information content (AvgIpc) is 2.78. The summed E-state index contributed by atoms with van der Waals surface area (Å²) in [5.74, 6) is 1.16. The summed E-state index contributed by atoms with van der Waals surface area (Å²) in [4.78, 5) is 4.37. The zero-order chi connectivity index (χ0) is 13.4. The largest absolute Gasteiger partial charge is 0.382 e. The molecule has 1 N–H and O–H groups in total. The molecule has 0 radical (unpaired) electrons. The lowest BCUT2D eigenvalue weighted by atomic mass is 10.0. The molecule has 0 amide bonds. The molecular formula is C14H27N3O. The van der Waals surface area contributed by atoms with Gasteiger partial charge in [-0.05, 0) is 32.7 Å². The molecule has 0 spiro atoms. The number of hydrogen-bond donors (Lipinski definition) is 1. The molecule has 4 nitrogen and oxygen atoms in total. The van der Waals surface area contributed by atoms with Crippen LogP contribution in [0.1, 0.15) is 38.9 Å². The molecule has 0 aliphatic rings. The fourth-order valence-corrected chi connectivity index (χ4v) is 2.09. The van der Waals surface area contributed by atoms with Gasteiger partial charge in [-0.1, -0.05) is 6.92 Å². The highest BCUT2D eigenvalue weighted by Gasteiger charge is 2.13. The normalized spacial score (nSPS) is 14.7. The maximum Gasteiger partial charge on any atom is 0.108 e. The van der Waals surface area contributed by atoms with Crippen LogP contribution in [0, 0.1) is 0 Å². The van der Waals surface area contributed by atoms with E-state index in [0.717, 1.165) is 31.6 Å². The van der Waals surface area contributed by atoms with Gasteiger partial charge in [0.2, 0.25) is 0 Å². The van der Waals surface area contributed by atoms with Gasteiger partial charge in [0.25, 0.3) is 0 Å². The van der Waals surface area contributed by atoms with Gasteiger partial charge in [-0.2, -0.15) is 0 Å². The van der Waals surface area contributed by atoms with Crippen LogP contribution in [0.25, 0.3) is 0 Å². The van der Waals surface area contributed by atoms with Crippen molar-refractivity contribution in [3.05, 3.63) is 18.2 Å². The number of aromatic nitrogens is 2. The summed E-state index contributed by atoms with van der Waals surface area (Å²) in [6.45, 7) is 5.39. The Kier molecular flexibility index (Phi) is 6.98. The van der Waals surface area contributed by atoms with Crippen molar-refractivity contribution in [1.29, 1.82) is 0 Å². The predicted octanol–water partition coefficient (Wildman–Crippen LogP) is 2.15. The summed E-state index contributed by atoms with van der Waals surface area (Å²) in [5.41, 5.74) is 0. The molecule has 1 aromatic heterocycles. The van der Waals surface area contributed by atoms with Crippen molar-refractivity contribution in [3.8, 4) is 0 Å². The number of ether oxygens (including phenoxy) is 1. The Morgan fingerprint density at radius 3 is 2.83 bits per heavy atom. The van der Waals surface area contributed by atoms with E-state index in [9.17, 15) is 0 Å². The lowest BCUT2D eigenvalue weighted by Gasteiger charge is -2.21. The van der Waals surface area contributed by atoms with Crippen molar-refractivity contribution in [2.45, 2.75) is 51.7 Å². The predicted molar refractivity (Wildman–Crippen MR) is 74.7 cm³/mol. The van der Waals surface area contributed by atoms with Crippen molar-refractivity contribution in [1.82, 2.24) is 14.9 Å². The van der Waals surface area contributed by atoms with E-state index in [1.807, 2.05) is 12.4 Å². The van der Waals surface area contributed by atoms with Gasteiger partial charge in [0, 0.05) is 39.0 Å². The van der Waals surface area contributed by atoms with Crippen molar-refractivity contribution in [2.24, 2.45) is 7.05 Å². The van der Waals surface area contributed by atoms with E-state index in [-0.39, 0.29) is 0 Å². The molecule has 0 aromatic carbocycles. The van der Waals surface area contributed by atoms with Crippen LogP contribution in [0.15, 0.2) is 12.4 Å². The Bertz CT molecular complexity index is 325. The molecule has 104 valence electrons. The molecule has 0 aliphatic heterocycles. The van der Waals surface area contributed by atoms with Crippen molar-refractivity contribution in [3.63, 3.8) is 0 Å². The van der Waals surface area contributed by atoms with Crippen LogP contribution in [0.3, 0.4) is 0 Å². The maximum absolute atomic E-state index is 5.36. The molecule has 2 atom stereocenters. The number of nitrogens with one attached hydrogen (secondary N) is 1. The fourth-order valence-electron chi connectivity index (χ4n) is 2.09. The minimum Gasteiger partial charge on any atom is -0.382 e. The first-order valence-corrected chi connectivity index (χ1v) is 6.89. The Morgan fingerprint density at radius 2 is 2.28 bits per heavy atom. The Hall–Kier alpha value is -0.870. The van der Waals surface area contributed by atoms with Gasteiger partial charge in [0.05, 0.1) is 6.10 Å². The minimum atomic E-state index is 0.306. The van der Waals surface area contributed by atoms with Crippen LogP contribution in [-0.2, 0) is 18.2 Å². The summed E-state index contributed by atoms with van der Waals surface area (Å²) < 4.78 is 7.45. The van der Waals surface area contributed by atoms with Gasteiger partial charge in [-0.3, -0.25) is 0 Å². The van der Waals surface area contributed by atoms with E-state index in [1.165, 1.54) is 6.42 Å². The van der Waals surface area contributed by atoms with Crippen LogP contribution in [0.5, 0.6) is 0 Å². The summed E-state index contributed by atoms with van der Waals surface area (Å²) in [5, 5.41) is 3.60. The molecule has 1 heterocycles. The van der Waals surface area contributed by atoms with Crippen LogP contribution in [-0.4, -0.2) is 35.4 Å². The maximum atomic E-state index is 5.36. The Labute approximate surface area is 111 Å². The lowest BCUT2D eigenvalue weighted by Crippen LogP contribution is -2.33. The fraction of sp³-hybridized carbons (Fsp3) is 0.786. The second-order valence-electron chi connectivity index (χ2n) is 4.93. The van der Waals surface area contributed by atoms with E-state index in [4.69, 9.17) is 4.74 Å². The summed E-state index contributed by atoms with van der Waals surface area (Å²) in [7, 11) is 3.83. The van der Waals surface area contributed by atoms with Crippen LogP contribution in [0.4, 0.5) is 0 Å². The highest BCUT2D eigenvalue weighted by molar-refractivity contribution is 4.92. The second-order valence-corrected chi connectivity index (χ2v) is 4.93. The molecule has 1 rings (SSSR count). The topological polar surface area (TPSA) is 39.1 Å². The minimum absolute atomic E-state index is 0.306. The number of hydrogen-bond acceptors (Lipinski definition) is 3. The summed E-state index contributed by atoms with van der Waals surface area (Å²) in [6.07, 6.45) is 8.52. The van der Waals surface area contributed by atoms with E-state index in [2.05, 4.69) is 35.8 Å². The molecule has 0 aliphatic carbocycles. The van der Waals surface area contributed by atoms with Crippen molar-refractivity contribution < 1.29 is 4.74 Å². The van der Waals surface area contributed by atoms with Crippen molar-refractivity contribution in [2.75, 3.05) is 13.7 Å². The molecular weight excluding hydrogens is 226 g/mol. The molecule has 0 saturated carbocycles. The number of imidazole rings is 1. The molecule has 0 saturated heterocycles. The summed E-state index contributed by atoms with van der Waals surface area (Å²) in [6, 6.07) is 0.511. The first-order valence-electron chi connectivity index (χ1n) is 6.89. The molecule has 0 bridgehead atoms. The van der Waals surface area contributed by atoms with Crippen LogP contribution >= 0.6 is 0 Å². The standard InChI is InChI=1S/C14H27N3O/c1-5-8-15-13(11-12(2)18-4)6-7-14-16-9-10-17(14)3/h9-10,12-13,15H,5-8,11H2,1-4H3. The van der Waals surface area contributed by atoms with Gasteiger partial charge in [0.1, 0.15) is 5.82 Å². The van der Waals surface area contributed by atoms with E-state index in [1.54, 1.807) is 7.11 Å². The Balaban J connectivity index is 2.42. The van der Waals surface area contributed by atoms with Gasteiger partial charge < -0.3 is 14.6 Å². The van der Waals surface area contributed by atoms with Gasteiger partial charge in [0.15, 0.2) is 0 Å². The highest BCUT2D eigenvalue weighted by Crippen LogP contribution is 2.09. The third-order valence-corrected chi connectivity index (χ3v) is 3.34. The monoisotopic (exact) mass is 253 g/mol. The number of methoxy groups -OCH3 is 1. The molecule has 18 heavy (non-hydrogen) atoms. The zero-order valence-electron chi connectivity index (χ0n) is 12.1. The third-order valence-electron chi connectivity index (χ3n) is 3.34. The average molecular weight is 253 g/mol. The quantitative estimate of drug-likeness (QED) is 0.733. The van der Waals surface area contributed by atoms with Crippen LogP contribution in [0.2, 0.25) is 0 Å². The van der Waals surface area contributed by atoms with Gasteiger partial charge in [-0.15, -0.1) is 0 Å². The first kappa shape index (κ1) is 15.2. The highest BCUT2D eigenvalue weighted by atomic mass is 16.5. The van der Waals surface area contributed by atoms with E-state index >= 15 is 0 Å². The lowest BCUT2D eigenvalue weighted by molar-refractivity contribution is 0.0992. The summed E-state index contributed by atoms with van der Waals surface area (Å²) >= 11 is 0. The van der Waals surface area contributed by atoms with Gasteiger partial charge in [-0.25, -0.2) is 4.98 Å². The number of aryl methyl sites for hydroxylation is 2. The zero-order valence-corrected chi connectivity index (χ0v) is 12.1. The smallest absolute Gasteiger partial charge is 0.108 e. The van der Waals surface area contributed by atoms with Crippen LogP contribution < -0.4 is 5.32 Å². The molecule has 0 fully saturated rings. The molecule has 4 heteroatoms.